The smallest absolute Gasteiger partial charge is 0.252 e. The molecule has 0 aliphatic carbocycles. The van der Waals surface area contributed by atoms with Gasteiger partial charge in [0.1, 0.15) is 0 Å². The van der Waals surface area contributed by atoms with Crippen LogP contribution in [0.5, 0.6) is 0 Å². The van der Waals surface area contributed by atoms with Crippen molar-refractivity contribution < 1.29 is 9.90 Å². The van der Waals surface area contributed by atoms with E-state index in [1.807, 2.05) is 26.0 Å². The lowest BCUT2D eigenvalue weighted by Crippen LogP contribution is -2.44. The van der Waals surface area contributed by atoms with Gasteiger partial charge in [0.15, 0.2) is 0 Å². The Morgan fingerprint density at radius 3 is 2.50 bits per heavy atom. The van der Waals surface area contributed by atoms with Crippen LogP contribution in [0.3, 0.4) is 0 Å². The van der Waals surface area contributed by atoms with E-state index in [0.29, 0.717) is 12.0 Å². The summed E-state index contributed by atoms with van der Waals surface area (Å²) in [6, 6.07) is 3.92. The molecule has 0 spiro atoms. The predicted molar refractivity (Wildman–Crippen MR) is 97.8 cm³/mol. The van der Waals surface area contributed by atoms with Crippen LogP contribution >= 0.6 is 67.8 Å². The van der Waals surface area contributed by atoms with Crippen molar-refractivity contribution >= 4 is 73.7 Å². The molecule has 2 N–H and O–H groups in total. The summed E-state index contributed by atoms with van der Waals surface area (Å²) in [5.74, 6) is -0.0886. The summed E-state index contributed by atoms with van der Waals surface area (Å²) < 4.78 is 3.08. The molecule has 0 saturated heterocycles. The molecule has 0 fully saturated rings. The zero-order valence-corrected chi connectivity index (χ0v) is 16.5. The minimum absolute atomic E-state index is 0.0637. The molecule has 0 aromatic heterocycles. The van der Waals surface area contributed by atoms with Crippen LogP contribution in [0.2, 0.25) is 0 Å². The molecule has 0 unspecified atom stereocenters. The van der Waals surface area contributed by atoms with Gasteiger partial charge in [-0.1, -0.05) is 0 Å². The average molecular weight is 585 g/mol. The molecule has 1 aromatic rings. The van der Waals surface area contributed by atoms with E-state index >= 15 is 0 Å². The summed E-state index contributed by atoms with van der Waals surface area (Å²) in [5, 5.41) is 11.9. The van der Waals surface area contributed by atoms with Crippen LogP contribution in [-0.4, -0.2) is 23.2 Å². The lowest BCUT2D eigenvalue weighted by Gasteiger charge is -2.25. The van der Waals surface area contributed by atoms with E-state index in [1.165, 1.54) is 0 Å². The summed E-state index contributed by atoms with van der Waals surface area (Å²) in [7, 11) is 0. The van der Waals surface area contributed by atoms with Crippen molar-refractivity contribution in [3.8, 4) is 0 Å². The summed E-state index contributed by atoms with van der Waals surface area (Å²) in [6.45, 7) is 3.88. The third kappa shape index (κ3) is 4.75. The van der Waals surface area contributed by atoms with Crippen molar-refractivity contribution in [2.75, 3.05) is 6.61 Å². The molecule has 0 radical (unpaired) electrons. The van der Waals surface area contributed by atoms with Gasteiger partial charge in [0.05, 0.1) is 5.56 Å². The van der Waals surface area contributed by atoms with Crippen molar-refractivity contribution in [3.63, 3.8) is 0 Å². The first kappa shape index (κ1) is 16.9. The highest BCUT2D eigenvalue weighted by molar-refractivity contribution is 14.1. The summed E-state index contributed by atoms with van der Waals surface area (Å²) in [6.07, 6.45) is 0.538. The molecule has 0 aliphatic rings. The van der Waals surface area contributed by atoms with Gasteiger partial charge in [-0.05, 0) is 100 Å². The Bertz CT molecular complexity index is 461. The molecule has 1 rings (SSSR count). The third-order valence-electron chi connectivity index (χ3n) is 2.43. The number of rotatable bonds is 4. The van der Waals surface area contributed by atoms with Gasteiger partial charge in [0.25, 0.3) is 5.91 Å². The molecule has 3 nitrogen and oxygen atoms in total. The van der Waals surface area contributed by atoms with Crippen LogP contribution in [0.1, 0.15) is 30.6 Å². The van der Waals surface area contributed by atoms with Crippen LogP contribution in [0.15, 0.2) is 12.1 Å². The monoisotopic (exact) mass is 585 g/mol. The fourth-order valence-corrected chi connectivity index (χ4v) is 3.84. The van der Waals surface area contributed by atoms with Crippen molar-refractivity contribution in [1.29, 1.82) is 0 Å². The lowest BCUT2D eigenvalue weighted by atomic mass is 10.0. The number of carbonyl (C=O) groups is 1. The van der Waals surface area contributed by atoms with Gasteiger partial charge in [-0.15, -0.1) is 0 Å². The molecular formula is C12H14I3NO2. The fourth-order valence-electron chi connectivity index (χ4n) is 1.44. The number of nitrogens with one attached hydrogen (secondary N) is 1. The van der Waals surface area contributed by atoms with Crippen LogP contribution in [0.4, 0.5) is 0 Å². The van der Waals surface area contributed by atoms with E-state index in [9.17, 15) is 4.79 Å². The second-order valence-corrected chi connectivity index (χ2v) is 8.05. The van der Waals surface area contributed by atoms with Gasteiger partial charge >= 0.3 is 0 Å². The quantitative estimate of drug-likeness (QED) is 0.421. The standard InChI is InChI=1S/C12H14I3NO2/c1-12(2,3-4-17)16-11(18)8-5-7(13)6-9(14)10(8)15/h5-6,17H,3-4H2,1-2H3,(H,16,18). The van der Waals surface area contributed by atoms with E-state index in [-0.39, 0.29) is 12.5 Å². The van der Waals surface area contributed by atoms with Gasteiger partial charge < -0.3 is 10.4 Å². The SMILES string of the molecule is CC(C)(CCO)NC(=O)c1cc(I)cc(I)c1I. The maximum Gasteiger partial charge on any atom is 0.252 e. The number of hydrogen-bond acceptors (Lipinski definition) is 2. The zero-order valence-electron chi connectivity index (χ0n) is 10.1. The first-order chi connectivity index (χ1) is 8.26. The van der Waals surface area contributed by atoms with E-state index < -0.39 is 5.54 Å². The average Bonchev–Trinajstić information content (AvgIpc) is 2.22. The molecular weight excluding hydrogens is 571 g/mol. The highest BCUT2D eigenvalue weighted by Gasteiger charge is 2.22. The zero-order chi connectivity index (χ0) is 13.9. The number of carbonyl (C=O) groups excluding carboxylic acids is 1. The second kappa shape index (κ2) is 7.02. The van der Waals surface area contributed by atoms with Gasteiger partial charge in [-0.2, -0.15) is 0 Å². The summed E-state index contributed by atoms with van der Waals surface area (Å²) in [4.78, 5) is 12.3. The van der Waals surface area contributed by atoms with E-state index in [0.717, 1.165) is 10.7 Å². The van der Waals surface area contributed by atoms with Crippen LogP contribution in [0.25, 0.3) is 0 Å². The molecule has 1 amide bonds. The Kier molecular flexibility index (Phi) is 6.59. The number of benzene rings is 1. The Labute approximate surface area is 148 Å². The van der Waals surface area contributed by atoms with E-state index in [2.05, 4.69) is 73.1 Å². The minimum atomic E-state index is -0.401. The Morgan fingerprint density at radius 2 is 1.94 bits per heavy atom. The molecule has 0 atom stereocenters. The normalized spacial score (nSPS) is 11.4. The molecule has 100 valence electrons. The Morgan fingerprint density at radius 1 is 1.33 bits per heavy atom. The number of aliphatic hydroxyl groups excluding tert-OH is 1. The molecule has 0 bridgehead atoms. The van der Waals surface area contributed by atoms with E-state index in [4.69, 9.17) is 5.11 Å². The topological polar surface area (TPSA) is 49.3 Å². The highest BCUT2D eigenvalue weighted by atomic mass is 127. The van der Waals surface area contributed by atoms with Crippen molar-refractivity contribution in [1.82, 2.24) is 5.32 Å². The second-order valence-electron chi connectivity index (χ2n) is 4.56. The number of hydrogen-bond donors (Lipinski definition) is 2. The largest absolute Gasteiger partial charge is 0.396 e. The van der Waals surface area contributed by atoms with Crippen LogP contribution < -0.4 is 5.32 Å². The predicted octanol–water partition coefficient (Wildman–Crippen LogP) is 3.39. The first-order valence-corrected chi connectivity index (χ1v) is 8.58. The lowest BCUT2D eigenvalue weighted by molar-refractivity contribution is 0.0898. The first-order valence-electron chi connectivity index (χ1n) is 5.35. The van der Waals surface area contributed by atoms with Gasteiger partial charge in [-0.3, -0.25) is 4.79 Å². The van der Waals surface area contributed by atoms with Crippen molar-refractivity contribution in [2.24, 2.45) is 0 Å². The Balaban J connectivity index is 2.98. The maximum atomic E-state index is 12.3. The number of amides is 1. The number of aliphatic hydroxyl groups is 1. The highest BCUT2D eigenvalue weighted by Crippen LogP contribution is 2.23. The van der Waals surface area contributed by atoms with Crippen molar-refractivity contribution in [3.05, 3.63) is 28.4 Å². The summed E-state index contributed by atoms with van der Waals surface area (Å²) >= 11 is 6.63. The van der Waals surface area contributed by atoms with E-state index in [1.54, 1.807) is 0 Å². The van der Waals surface area contributed by atoms with Gasteiger partial charge in [0, 0.05) is 22.9 Å². The molecule has 0 heterocycles. The van der Waals surface area contributed by atoms with Gasteiger partial charge in [0.2, 0.25) is 0 Å². The van der Waals surface area contributed by atoms with Crippen LogP contribution in [0, 0.1) is 10.7 Å². The molecule has 0 aliphatic heterocycles. The van der Waals surface area contributed by atoms with Crippen molar-refractivity contribution in [2.45, 2.75) is 25.8 Å². The third-order valence-corrected chi connectivity index (χ3v) is 6.09. The minimum Gasteiger partial charge on any atom is -0.396 e. The molecule has 18 heavy (non-hydrogen) atoms. The summed E-state index contributed by atoms with van der Waals surface area (Å²) in [5.41, 5.74) is 0.291. The molecule has 1 aromatic carbocycles. The molecule has 6 heteroatoms. The Hall–Kier alpha value is 0.840. The van der Waals surface area contributed by atoms with Crippen LogP contribution in [-0.2, 0) is 0 Å². The van der Waals surface area contributed by atoms with Gasteiger partial charge in [-0.25, -0.2) is 0 Å². The fraction of sp³-hybridized carbons (Fsp3) is 0.417. The maximum absolute atomic E-state index is 12.3. The number of halogens is 3. The molecule has 0 saturated carbocycles.